The van der Waals surface area contributed by atoms with Crippen molar-refractivity contribution in [2.45, 2.75) is 33.1 Å². The van der Waals surface area contributed by atoms with Crippen LogP contribution in [0.15, 0.2) is 60.7 Å². The zero-order chi connectivity index (χ0) is 15.5. The van der Waals surface area contributed by atoms with Crippen LogP contribution in [0.5, 0.6) is 0 Å². The lowest BCUT2D eigenvalue weighted by Crippen LogP contribution is -2.13. The van der Waals surface area contributed by atoms with Crippen LogP contribution in [0.25, 0.3) is 11.1 Å². The summed E-state index contributed by atoms with van der Waals surface area (Å²) in [6, 6.07) is 16.8. The van der Waals surface area contributed by atoms with Crippen molar-refractivity contribution in [2.24, 2.45) is 5.92 Å². The monoisotopic (exact) mass is 279 g/mol. The fraction of sp³-hybridized carbons (Fsp3) is 0.300. The molecule has 0 bridgehead atoms. The summed E-state index contributed by atoms with van der Waals surface area (Å²) in [5, 5.41) is 0. The molecule has 110 valence electrons. The van der Waals surface area contributed by atoms with Crippen LogP contribution >= 0.6 is 0 Å². The highest BCUT2D eigenvalue weighted by Gasteiger charge is 2.16. The minimum Gasteiger partial charge on any atom is -0.399 e. The molecule has 2 N–H and O–H groups in total. The van der Waals surface area contributed by atoms with Crippen LogP contribution in [0, 0.1) is 5.92 Å². The van der Waals surface area contributed by atoms with Gasteiger partial charge >= 0.3 is 0 Å². The van der Waals surface area contributed by atoms with E-state index in [1.807, 2.05) is 12.1 Å². The van der Waals surface area contributed by atoms with Gasteiger partial charge in [-0.25, -0.2) is 0 Å². The summed E-state index contributed by atoms with van der Waals surface area (Å²) in [6.07, 6.45) is 4.57. The summed E-state index contributed by atoms with van der Waals surface area (Å²) in [7, 11) is 0. The molecule has 0 atom stereocenters. The molecule has 0 unspecified atom stereocenters. The molecule has 2 aromatic carbocycles. The van der Waals surface area contributed by atoms with Gasteiger partial charge in [0.2, 0.25) is 0 Å². The van der Waals surface area contributed by atoms with E-state index in [1.54, 1.807) is 0 Å². The Morgan fingerprint density at radius 3 is 1.81 bits per heavy atom. The number of nitrogens with two attached hydrogens (primary N) is 1. The van der Waals surface area contributed by atoms with Gasteiger partial charge in [0, 0.05) is 11.1 Å². The lowest BCUT2D eigenvalue weighted by atomic mass is 9.83. The van der Waals surface area contributed by atoms with Crippen molar-refractivity contribution >= 4 is 5.69 Å². The zero-order valence-corrected chi connectivity index (χ0v) is 13.4. The van der Waals surface area contributed by atoms with E-state index in [0.717, 1.165) is 5.69 Å². The lowest BCUT2D eigenvalue weighted by Gasteiger charge is -2.22. The third-order valence-corrected chi connectivity index (χ3v) is 3.77. The van der Waals surface area contributed by atoms with Crippen molar-refractivity contribution in [3.63, 3.8) is 0 Å². The molecule has 0 amide bonds. The summed E-state index contributed by atoms with van der Waals surface area (Å²) in [6.45, 7) is 8.92. The van der Waals surface area contributed by atoms with E-state index in [9.17, 15) is 0 Å². The lowest BCUT2D eigenvalue weighted by molar-refractivity contribution is 0.658. The minimum atomic E-state index is 0.0594. The molecule has 0 aliphatic carbocycles. The fourth-order valence-electron chi connectivity index (χ4n) is 2.30. The molecule has 0 aromatic heterocycles. The molecule has 2 rings (SSSR count). The van der Waals surface area contributed by atoms with Crippen LogP contribution in [-0.4, -0.2) is 0 Å². The van der Waals surface area contributed by atoms with Gasteiger partial charge in [-0.05, 0) is 34.7 Å². The van der Waals surface area contributed by atoms with Gasteiger partial charge < -0.3 is 5.73 Å². The largest absolute Gasteiger partial charge is 0.399 e. The molecule has 21 heavy (non-hydrogen) atoms. The van der Waals surface area contributed by atoms with E-state index < -0.39 is 0 Å². The molecule has 0 heterocycles. The van der Waals surface area contributed by atoms with Gasteiger partial charge in [0.25, 0.3) is 0 Å². The van der Waals surface area contributed by atoms with Crippen molar-refractivity contribution in [3.05, 3.63) is 66.2 Å². The van der Waals surface area contributed by atoms with Crippen molar-refractivity contribution in [1.82, 2.24) is 0 Å². The maximum atomic E-state index is 5.74. The second-order valence-electron chi connectivity index (χ2n) is 6.52. The van der Waals surface area contributed by atoms with E-state index in [2.05, 4.69) is 76.2 Å². The summed E-state index contributed by atoms with van der Waals surface area (Å²) >= 11 is 0. The first-order chi connectivity index (χ1) is 9.88. The molecule has 0 fully saturated rings. The molecular formula is C20H25N. The third kappa shape index (κ3) is 3.98. The Bertz CT molecular complexity index is 601. The van der Waals surface area contributed by atoms with E-state index >= 15 is 0 Å². The molecule has 1 heteroatoms. The van der Waals surface area contributed by atoms with Gasteiger partial charge in [-0.15, -0.1) is 0 Å². The van der Waals surface area contributed by atoms with Crippen LogP contribution in [0.4, 0.5) is 5.69 Å². The molecule has 0 saturated carbocycles. The molecule has 0 aliphatic rings. The van der Waals surface area contributed by atoms with Gasteiger partial charge in [0.05, 0.1) is 0 Å². The zero-order valence-electron chi connectivity index (χ0n) is 13.4. The van der Waals surface area contributed by atoms with E-state index in [4.69, 9.17) is 5.73 Å². The number of benzene rings is 2. The van der Waals surface area contributed by atoms with Crippen LogP contribution in [0.3, 0.4) is 0 Å². The second-order valence-corrected chi connectivity index (χ2v) is 6.52. The van der Waals surface area contributed by atoms with Crippen LogP contribution < -0.4 is 5.73 Å². The first-order valence-corrected chi connectivity index (χ1v) is 7.54. The highest BCUT2D eigenvalue weighted by molar-refractivity contribution is 5.66. The first kappa shape index (κ1) is 15.4. The molecule has 0 spiro atoms. The highest BCUT2D eigenvalue weighted by atomic mass is 14.5. The molecule has 0 aliphatic heterocycles. The number of hydrogen-bond acceptors (Lipinski definition) is 1. The highest BCUT2D eigenvalue weighted by Crippen LogP contribution is 2.28. The molecule has 0 saturated heterocycles. The van der Waals surface area contributed by atoms with Gasteiger partial charge in [0.15, 0.2) is 0 Å². The van der Waals surface area contributed by atoms with Gasteiger partial charge in [-0.3, -0.25) is 0 Å². The predicted octanol–water partition coefficient (Wildman–Crippen LogP) is 5.43. The maximum absolute atomic E-state index is 5.74. The number of hydrogen-bond donors (Lipinski definition) is 1. The Balaban J connectivity index is 2.24. The molecule has 2 aromatic rings. The Morgan fingerprint density at radius 2 is 1.33 bits per heavy atom. The summed E-state index contributed by atoms with van der Waals surface area (Å²) < 4.78 is 0. The molecule has 1 nitrogen and oxygen atoms in total. The predicted molar refractivity (Wildman–Crippen MR) is 93.3 cm³/mol. The quantitative estimate of drug-likeness (QED) is 0.586. The number of nitrogen functional groups attached to an aromatic ring is 1. The topological polar surface area (TPSA) is 26.0 Å². The Hall–Kier alpha value is -2.02. The van der Waals surface area contributed by atoms with Crippen LogP contribution in [0.1, 0.15) is 33.3 Å². The fourth-order valence-corrected chi connectivity index (χ4v) is 2.30. The normalized spacial score (nSPS) is 12.2. The summed E-state index contributed by atoms with van der Waals surface area (Å²) in [5.74, 6) is 0.582. The van der Waals surface area contributed by atoms with E-state index in [-0.39, 0.29) is 5.41 Å². The summed E-state index contributed by atoms with van der Waals surface area (Å²) in [4.78, 5) is 0. The maximum Gasteiger partial charge on any atom is 0.0314 e. The van der Waals surface area contributed by atoms with Crippen molar-refractivity contribution in [2.75, 3.05) is 5.73 Å². The van der Waals surface area contributed by atoms with Gasteiger partial charge in [-0.1, -0.05) is 76.2 Å². The summed E-state index contributed by atoms with van der Waals surface area (Å²) in [5.41, 5.74) is 10.4. The number of rotatable bonds is 4. The first-order valence-electron chi connectivity index (χ1n) is 7.54. The minimum absolute atomic E-state index is 0.0594. The number of anilines is 1. The van der Waals surface area contributed by atoms with Crippen LogP contribution in [-0.2, 0) is 5.41 Å². The Morgan fingerprint density at radius 1 is 0.857 bits per heavy atom. The third-order valence-electron chi connectivity index (χ3n) is 3.77. The Kier molecular flexibility index (Phi) is 4.52. The van der Waals surface area contributed by atoms with E-state index in [1.165, 1.54) is 16.7 Å². The average Bonchev–Trinajstić information content (AvgIpc) is 2.46. The van der Waals surface area contributed by atoms with Crippen molar-refractivity contribution in [3.8, 4) is 11.1 Å². The molecular weight excluding hydrogens is 254 g/mol. The standard InChI is InChI=1S/C20H25N/c1-15(2)13-14-20(3,4)18-9-5-16(6-10-18)17-7-11-19(21)12-8-17/h5-15H,21H2,1-4H3/b14-13+. The van der Waals surface area contributed by atoms with Gasteiger partial charge in [0.1, 0.15) is 0 Å². The van der Waals surface area contributed by atoms with Gasteiger partial charge in [-0.2, -0.15) is 0 Å². The van der Waals surface area contributed by atoms with E-state index in [0.29, 0.717) is 5.92 Å². The number of allylic oxidation sites excluding steroid dienone is 2. The van der Waals surface area contributed by atoms with Crippen LogP contribution in [0.2, 0.25) is 0 Å². The smallest absolute Gasteiger partial charge is 0.0314 e. The second kappa shape index (κ2) is 6.17. The van der Waals surface area contributed by atoms with Crippen molar-refractivity contribution in [1.29, 1.82) is 0 Å². The average molecular weight is 279 g/mol. The SMILES string of the molecule is CC(C)/C=C/C(C)(C)c1ccc(-c2ccc(N)cc2)cc1. The molecule has 0 radical (unpaired) electrons. The Labute approximate surface area is 128 Å². The van der Waals surface area contributed by atoms with Crippen molar-refractivity contribution < 1.29 is 0 Å².